The minimum Gasteiger partial charge on any atom is -0.462 e. The van der Waals surface area contributed by atoms with E-state index in [1.165, 1.54) is 63.4 Å². The molecule has 0 spiro atoms. The number of carbonyl (C=O) groups is 2. The SMILES string of the molecule is CCCCCCCCc1ccc(-c2ccc(C(=O)Oc3ccc4c(c3)CCC(C(=O)O[C@H](C)CCCCCC)C4)cc2)cc1. The van der Waals surface area contributed by atoms with Crippen LogP contribution in [-0.2, 0) is 28.8 Å². The van der Waals surface area contributed by atoms with Crippen molar-refractivity contribution in [2.75, 3.05) is 0 Å². The lowest BCUT2D eigenvalue weighted by Gasteiger charge is -2.25. The predicted octanol–water partition coefficient (Wildman–Crippen LogP) is 10.5. The maximum atomic E-state index is 12.9. The van der Waals surface area contributed by atoms with Gasteiger partial charge in [-0.1, -0.05) is 108 Å². The Balaban J connectivity index is 1.24. The average molecular weight is 597 g/mol. The first-order chi connectivity index (χ1) is 21.5. The molecule has 0 saturated heterocycles. The molecule has 1 aliphatic rings. The molecular formula is C40H52O4. The molecule has 44 heavy (non-hydrogen) atoms. The molecule has 236 valence electrons. The number of carbonyl (C=O) groups excluding carboxylic acids is 2. The van der Waals surface area contributed by atoms with Crippen molar-refractivity contribution in [2.45, 2.75) is 123 Å². The van der Waals surface area contributed by atoms with Crippen molar-refractivity contribution in [3.8, 4) is 16.9 Å². The molecule has 3 aromatic carbocycles. The number of esters is 2. The van der Waals surface area contributed by atoms with E-state index in [0.29, 0.717) is 17.7 Å². The Bertz CT molecular complexity index is 1310. The fourth-order valence-electron chi connectivity index (χ4n) is 6.15. The van der Waals surface area contributed by atoms with Gasteiger partial charge in [-0.05, 0) is 104 Å². The number of ether oxygens (including phenoxy) is 2. The highest BCUT2D eigenvalue weighted by Crippen LogP contribution is 2.30. The van der Waals surface area contributed by atoms with Gasteiger partial charge in [-0.15, -0.1) is 0 Å². The highest BCUT2D eigenvalue weighted by atomic mass is 16.5. The molecule has 4 rings (SSSR count). The van der Waals surface area contributed by atoms with Gasteiger partial charge < -0.3 is 9.47 Å². The number of fused-ring (bicyclic) bond motifs is 1. The molecule has 1 aliphatic carbocycles. The summed E-state index contributed by atoms with van der Waals surface area (Å²) in [5.41, 5.74) is 6.42. The molecule has 0 aliphatic heterocycles. The van der Waals surface area contributed by atoms with Crippen LogP contribution in [-0.4, -0.2) is 18.0 Å². The summed E-state index contributed by atoms with van der Waals surface area (Å²) in [5.74, 6) is -0.0118. The highest BCUT2D eigenvalue weighted by molar-refractivity contribution is 5.91. The maximum absolute atomic E-state index is 12.9. The van der Waals surface area contributed by atoms with Crippen molar-refractivity contribution in [3.63, 3.8) is 0 Å². The number of unbranched alkanes of at least 4 members (excludes halogenated alkanes) is 8. The molecule has 4 nitrogen and oxygen atoms in total. The Labute approximate surface area is 265 Å². The predicted molar refractivity (Wildman–Crippen MR) is 180 cm³/mol. The monoisotopic (exact) mass is 596 g/mol. The van der Waals surface area contributed by atoms with E-state index in [0.717, 1.165) is 54.4 Å². The van der Waals surface area contributed by atoms with Gasteiger partial charge in [0.25, 0.3) is 0 Å². The first-order valence-electron chi connectivity index (χ1n) is 17.2. The lowest BCUT2D eigenvalue weighted by atomic mass is 9.84. The Hall–Kier alpha value is -3.40. The lowest BCUT2D eigenvalue weighted by molar-refractivity contribution is -0.154. The normalized spacial score (nSPS) is 14.9. The van der Waals surface area contributed by atoms with E-state index in [2.05, 4.69) is 38.1 Å². The summed E-state index contributed by atoms with van der Waals surface area (Å²) in [7, 11) is 0. The second-order valence-corrected chi connectivity index (χ2v) is 12.6. The Morgan fingerprint density at radius 1 is 0.750 bits per heavy atom. The van der Waals surface area contributed by atoms with Crippen LogP contribution < -0.4 is 4.74 Å². The van der Waals surface area contributed by atoms with Crippen molar-refractivity contribution >= 4 is 11.9 Å². The Kier molecular flexibility index (Phi) is 13.5. The van der Waals surface area contributed by atoms with Gasteiger partial charge in [-0.25, -0.2) is 4.79 Å². The number of aryl methyl sites for hydroxylation is 2. The third kappa shape index (κ3) is 10.4. The van der Waals surface area contributed by atoms with E-state index < -0.39 is 0 Å². The van der Waals surface area contributed by atoms with Crippen molar-refractivity contribution in [3.05, 3.63) is 89.0 Å². The number of rotatable bonds is 17. The van der Waals surface area contributed by atoms with Crippen LogP contribution >= 0.6 is 0 Å². The van der Waals surface area contributed by atoms with Gasteiger partial charge in [0, 0.05) is 0 Å². The van der Waals surface area contributed by atoms with Crippen LogP contribution in [0.3, 0.4) is 0 Å². The summed E-state index contributed by atoms with van der Waals surface area (Å²) in [5, 5.41) is 0. The molecule has 0 fully saturated rings. The van der Waals surface area contributed by atoms with Crippen molar-refractivity contribution < 1.29 is 19.1 Å². The molecule has 0 bridgehead atoms. The van der Waals surface area contributed by atoms with Gasteiger partial charge in [0.15, 0.2) is 0 Å². The van der Waals surface area contributed by atoms with Crippen LogP contribution in [0.25, 0.3) is 11.1 Å². The van der Waals surface area contributed by atoms with Gasteiger partial charge in [-0.2, -0.15) is 0 Å². The topological polar surface area (TPSA) is 52.6 Å². The second-order valence-electron chi connectivity index (χ2n) is 12.6. The summed E-state index contributed by atoms with van der Waals surface area (Å²) >= 11 is 0. The van der Waals surface area contributed by atoms with Gasteiger partial charge in [-0.3, -0.25) is 4.79 Å². The number of hydrogen-bond acceptors (Lipinski definition) is 4. The molecule has 0 heterocycles. The summed E-state index contributed by atoms with van der Waals surface area (Å²) in [6, 6.07) is 22.2. The van der Waals surface area contributed by atoms with Crippen LogP contribution in [0.4, 0.5) is 0 Å². The number of benzene rings is 3. The average Bonchev–Trinajstić information content (AvgIpc) is 3.05. The summed E-state index contributed by atoms with van der Waals surface area (Å²) in [6.45, 7) is 6.46. The van der Waals surface area contributed by atoms with E-state index in [4.69, 9.17) is 9.47 Å². The first-order valence-corrected chi connectivity index (χ1v) is 17.2. The fourth-order valence-corrected chi connectivity index (χ4v) is 6.15. The smallest absolute Gasteiger partial charge is 0.343 e. The van der Waals surface area contributed by atoms with E-state index in [1.54, 1.807) is 0 Å². The van der Waals surface area contributed by atoms with E-state index >= 15 is 0 Å². The Morgan fingerprint density at radius 2 is 1.39 bits per heavy atom. The van der Waals surface area contributed by atoms with Crippen LogP contribution in [0.2, 0.25) is 0 Å². The number of hydrogen-bond donors (Lipinski definition) is 0. The van der Waals surface area contributed by atoms with Crippen molar-refractivity contribution in [1.29, 1.82) is 0 Å². The van der Waals surface area contributed by atoms with Crippen molar-refractivity contribution in [1.82, 2.24) is 0 Å². The highest BCUT2D eigenvalue weighted by Gasteiger charge is 2.27. The third-order valence-electron chi connectivity index (χ3n) is 8.96. The van der Waals surface area contributed by atoms with Crippen LogP contribution in [0.1, 0.15) is 125 Å². The summed E-state index contributed by atoms with van der Waals surface area (Å²) < 4.78 is 11.5. The molecule has 2 atom stereocenters. The van der Waals surface area contributed by atoms with Gasteiger partial charge in [0.2, 0.25) is 0 Å². The summed E-state index contributed by atoms with van der Waals surface area (Å²) in [6.07, 6.45) is 16.9. The minimum absolute atomic E-state index is 0.0307. The molecule has 0 saturated carbocycles. The fraction of sp³-hybridized carbons (Fsp3) is 0.500. The summed E-state index contributed by atoms with van der Waals surface area (Å²) in [4.78, 5) is 25.7. The molecular weight excluding hydrogens is 544 g/mol. The molecule has 4 heteroatoms. The largest absolute Gasteiger partial charge is 0.462 e. The van der Waals surface area contributed by atoms with E-state index in [9.17, 15) is 9.59 Å². The maximum Gasteiger partial charge on any atom is 0.343 e. The standard InChI is InChI=1S/C40H52O4/c1-4-6-8-10-11-13-15-31-16-18-32(19-17-31)33-20-22-34(23-21-33)39(41)44-38-27-26-35-28-37(25-24-36(35)29-38)40(42)43-30(3)14-12-9-7-5-2/h16-23,26-27,29-30,37H,4-15,24-25,28H2,1-3H3/t30-,37?/m1/s1. The molecule has 0 amide bonds. The first kappa shape index (κ1) is 33.5. The van der Waals surface area contributed by atoms with Crippen molar-refractivity contribution in [2.24, 2.45) is 5.92 Å². The van der Waals surface area contributed by atoms with E-state index in [1.807, 2.05) is 49.4 Å². The molecule has 0 radical (unpaired) electrons. The molecule has 0 aromatic heterocycles. The zero-order valence-electron chi connectivity index (χ0n) is 27.2. The van der Waals surface area contributed by atoms with Crippen LogP contribution in [0.5, 0.6) is 5.75 Å². The quantitative estimate of drug-likeness (QED) is 0.0884. The molecule has 1 unspecified atom stereocenters. The van der Waals surface area contributed by atoms with Gasteiger partial charge >= 0.3 is 11.9 Å². The van der Waals surface area contributed by atoms with Crippen LogP contribution in [0, 0.1) is 5.92 Å². The molecule has 0 N–H and O–H groups in total. The van der Waals surface area contributed by atoms with Gasteiger partial charge in [0.05, 0.1) is 17.6 Å². The van der Waals surface area contributed by atoms with Crippen LogP contribution in [0.15, 0.2) is 66.7 Å². The Morgan fingerprint density at radius 3 is 2.09 bits per heavy atom. The minimum atomic E-state index is -0.365. The molecule has 3 aromatic rings. The van der Waals surface area contributed by atoms with E-state index in [-0.39, 0.29) is 24.0 Å². The second kappa shape index (κ2) is 17.8. The zero-order valence-corrected chi connectivity index (χ0v) is 27.2. The van der Waals surface area contributed by atoms with Gasteiger partial charge in [0.1, 0.15) is 5.75 Å². The lowest BCUT2D eigenvalue weighted by Crippen LogP contribution is -2.27. The third-order valence-corrected chi connectivity index (χ3v) is 8.96. The zero-order chi connectivity index (χ0) is 31.1.